The minimum atomic E-state index is -1.04. The van der Waals surface area contributed by atoms with E-state index in [2.05, 4.69) is 28.4 Å². The topological polar surface area (TPSA) is 99.4 Å². The zero-order chi connectivity index (χ0) is 13.7. The van der Waals surface area contributed by atoms with Gasteiger partial charge in [0.25, 0.3) is 0 Å². The lowest BCUT2D eigenvalue weighted by Crippen LogP contribution is -2.33. The minimum absolute atomic E-state index is 0.0813. The Kier molecular flexibility index (Phi) is 4.81. The van der Waals surface area contributed by atoms with Gasteiger partial charge in [-0.3, -0.25) is 10.9 Å². The summed E-state index contributed by atoms with van der Waals surface area (Å²) in [6.07, 6.45) is 0. The summed E-state index contributed by atoms with van der Waals surface area (Å²) in [5.41, 5.74) is 11.7. The van der Waals surface area contributed by atoms with Crippen LogP contribution in [0.2, 0.25) is 0 Å². The quantitative estimate of drug-likeness (QED) is 0.417. The number of thiocarbonyl (C=S) groups is 2. The van der Waals surface area contributed by atoms with E-state index in [1.807, 2.05) is 0 Å². The molecule has 0 aliphatic heterocycles. The van der Waals surface area contributed by atoms with Gasteiger partial charge in [-0.25, -0.2) is 4.79 Å². The maximum absolute atomic E-state index is 11.0. The molecule has 0 aliphatic carbocycles. The second-order valence-corrected chi connectivity index (χ2v) is 4.41. The fraction of sp³-hybridized carbons (Fsp3) is 0.100. The van der Waals surface area contributed by atoms with E-state index in [1.165, 1.54) is 6.07 Å². The lowest BCUT2D eigenvalue weighted by atomic mass is 10.1. The van der Waals surface area contributed by atoms with Crippen molar-refractivity contribution in [2.75, 3.05) is 10.7 Å². The van der Waals surface area contributed by atoms with Crippen LogP contribution in [-0.4, -0.2) is 21.2 Å². The Morgan fingerprint density at radius 2 is 2.06 bits per heavy atom. The number of nitrogens with two attached hydrogens (primary N) is 1. The smallest absolute Gasteiger partial charge is 0.337 e. The molecule has 18 heavy (non-hydrogen) atoms. The van der Waals surface area contributed by atoms with E-state index in [9.17, 15) is 4.79 Å². The lowest BCUT2D eigenvalue weighted by Gasteiger charge is -2.12. The zero-order valence-electron chi connectivity index (χ0n) is 9.48. The number of carboxylic acids is 1. The van der Waals surface area contributed by atoms with Crippen molar-refractivity contribution in [3.05, 3.63) is 23.8 Å². The van der Waals surface area contributed by atoms with Gasteiger partial charge in [0.1, 0.15) is 0 Å². The van der Waals surface area contributed by atoms with Crippen LogP contribution in [0, 0.1) is 0 Å². The molecule has 6 N–H and O–H groups in total. The Morgan fingerprint density at radius 1 is 1.39 bits per heavy atom. The highest BCUT2D eigenvalue weighted by molar-refractivity contribution is 7.80. The van der Waals surface area contributed by atoms with Crippen LogP contribution in [0.1, 0.15) is 17.3 Å². The average molecular weight is 284 g/mol. The van der Waals surface area contributed by atoms with Crippen LogP contribution in [-0.2, 0) is 0 Å². The second-order valence-electron chi connectivity index (χ2n) is 3.36. The second kappa shape index (κ2) is 6.12. The molecule has 8 heteroatoms. The van der Waals surface area contributed by atoms with Crippen LogP contribution in [0.3, 0.4) is 0 Å². The summed E-state index contributed by atoms with van der Waals surface area (Å²) >= 11 is 9.53. The summed E-state index contributed by atoms with van der Waals surface area (Å²) < 4.78 is 0. The number of anilines is 2. The monoisotopic (exact) mass is 284 g/mol. The van der Waals surface area contributed by atoms with Crippen molar-refractivity contribution in [1.82, 2.24) is 5.43 Å². The van der Waals surface area contributed by atoms with Crippen molar-refractivity contribution < 1.29 is 9.90 Å². The van der Waals surface area contributed by atoms with Gasteiger partial charge < -0.3 is 16.2 Å². The van der Waals surface area contributed by atoms with Crippen LogP contribution >= 0.6 is 24.4 Å². The van der Waals surface area contributed by atoms with Gasteiger partial charge in [0, 0.05) is 0 Å². The van der Waals surface area contributed by atoms with Crippen molar-refractivity contribution in [1.29, 1.82) is 0 Å². The SMILES string of the molecule is CC(=S)Nc1cc(NNC(N)=S)ccc1C(=O)O. The van der Waals surface area contributed by atoms with Crippen molar-refractivity contribution in [2.24, 2.45) is 5.73 Å². The standard InChI is InChI=1S/C10H12N4O2S2/c1-5(17)12-8-4-6(13-14-10(11)18)2-3-7(8)9(15)16/h2-4,13H,1H3,(H,12,17)(H,15,16)(H3,11,14,18). The Bertz CT molecular complexity index is 505. The molecule has 0 unspecified atom stereocenters. The molecule has 0 saturated heterocycles. The molecule has 96 valence electrons. The summed E-state index contributed by atoms with van der Waals surface area (Å²) in [5, 5.41) is 11.9. The highest BCUT2D eigenvalue weighted by Crippen LogP contribution is 2.21. The number of carbonyl (C=O) groups is 1. The van der Waals surface area contributed by atoms with E-state index >= 15 is 0 Å². The third kappa shape index (κ3) is 4.15. The van der Waals surface area contributed by atoms with E-state index < -0.39 is 5.97 Å². The van der Waals surface area contributed by atoms with Gasteiger partial charge >= 0.3 is 5.97 Å². The molecule has 0 amide bonds. The van der Waals surface area contributed by atoms with Gasteiger partial charge in [-0.15, -0.1) is 0 Å². The van der Waals surface area contributed by atoms with Crippen molar-refractivity contribution in [2.45, 2.75) is 6.92 Å². The molecule has 1 rings (SSSR count). The molecule has 0 aliphatic rings. The van der Waals surface area contributed by atoms with Gasteiger partial charge in [-0.1, -0.05) is 12.2 Å². The molecular formula is C10H12N4O2S2. The first kappa shape index (κ1) is 14.1. The van der Waals surface area contributed by atoms with Crippen molar-refractivity contribution in [3.8, 4) is 0 Å². The summed E-state index contributed by atoms with van der Waals surface area (Å²) in [5.74, 6) is -1.04. The predicted octanol–water partition coefficient (Wildman–Crippen LogP) is 1.30. The first-order chi connectivity index (χ1) is 8.40. The lowest BCUT2D eigenvalue weighted by molar-refractivity contribution is 0.0698. The molecular weight excluding hydrogens is 272 g/mol. The fourth-order valence-electron chi connectivity index (χ4n) is 1.24. The van der Waals surface area contributed by atoms with Gasteiger partial charge in [0.2, 0.25) is 0 Å². The molecule has 1 aromatic rings. The minimum Gasteiger partial charge on any atom is -0.478 e. The first-order valence-corrected chi connectivity index (χ1v) is 5.68. The molecule has 0 aromatic heterocycles. The third-order valence-corrected chi connectivity index (χ3v) is 2.09. The Morgan fingerprint density at radius 3 is 2.56 bits per heavy atom. The molecule has 0 atom stereocenters. The zero-order valence-corrected chi connectivity index (χ0v) is 11.1. The summed E-state index contributed by atoms with van der Waals surface area (Å²) in [6.45, 7) is 1.66. The maximum Gasteiger partial charge on any atom is 0.337 e. The van der Waals surface area contributed by atoms with Crippen molar-refractivity contribution >= 4 is 51.9 Å². The molecule has 6 nitrogen and oxygen atoms in total. The highest BCUT2D eigenvalue weighted by Gasteiger charge is 2.10. The van der Waals surface area contributed by atoms with E-state index in [0.717, 1.165) is 0 Å². The van der Waals surface area contributed by atoms with Crippen LogP contribution in [0.4, 0.5) is 11.4 Å². The Hall–Kier alpha value is -1.93. The summed E-state index contributed by atoms with van der Waals surface area (Å²) in [6, 6.07) is 4.62. The van der Waals surface area contributed by atoms with E-state index in [4.69, 9.17) is 23.1 Å². The Labute approximate surface area is 115 Å². The number of aromatic carboxylic acids is 1. The molecule has 0 saturated carbocycles. The summed E-state index contributed by atoms with van der Waals surface area (Å²) in [4.78, 5) is 11.5. The first-order valence-electron chi connectivity index (χ1n) is 4.86. The van der Waals surface area contributed by atoms with Crippen molar-refractivity contribution in [3.63, 3.8) is 0 Å². The van der Waals surface area contributed by atoms with Crippen LogP contribution < -0.4 is 21.9 Å². The number of nitrogens with one attached hydrogen (secondary N) is 3. The molecule has 0 fully saturated rings. The van der Waals surface area contributed by atoms with E-state index in [1.54, 1.807) is 19.1 Å². The number of rotatable bonds is 4. The number of carboxylic acid groups (broad SMARTS) is 1. The number of hydrogen-bond acceptors (Lipinski definition) is 4. The van der Waals surface area contributed by atoms with Crippen LogP contribution in [0.25, 0.3) is 0 Å². The molecule has 0 radical (unpaired) electrons. The predicted molar refractivity (Wildman–Crippen MR) is 78.8 cm³/mol. The molecule has 0 heterocycles. The van der Waals surface area contributed by atoms with E-state index in [0.29, 0.717) is 16.4 Å². The maximum atomic E-state index is 11.0. The van der Waals surface area contributed by atoms with Gasteiger partial charge in [-0.05, 0) is 37.3 Å². The normalized spacial score (nSPS) is 9.39. The fourth-order valence-corrected chi connectivity index (χ4v) is 1.40. The number of benzene rings is 1. The number of hydrazine groups is 1. The van der Waals surface area contributed by atoms with Crippen LogP contribution in [0.15, 0.2) is 18.2 Å². The van der Waals surface area contributed by atoms with Crippen LogP contribution in [0.5, 0.6) is 0 Å². The summed E-state index contributed by atoms with van der Waals surface area (Å²) in [7, 11) is 0. The highest BCUT2D eigenvalue weighted by atomic mass is 32.1. The van der Waals surface area contributed by atoms with Gasteiger partial charge in [-0.2, -0.15) is 0 Å². The van der Waals surface area contributed by atoms with Gasteiger partial charge in [0.05, 0.1) is 21.9 Å². The molecule has 1 aromatic carbocycles. The third-order valence-electron chi connectivity index (χ3n) is 1.89. The van der Waals surface area contributed by atoms with Gasteiger partial charge in [0.15, 0.2) is 5.11 Å². The number of hydrogen-bond donors (Lipinski definition) is 5. The van der Waals surface area contributed by atoms with E-state index in [-0.39, 0.29) is 10.7 Å². The Balaban J connectivity index is 3.00. The molecule has 0 spiro atoms. The largest absolute Gasteiger partial charge is 0.478 e. The molecule has 0 bridgehead atoms. The average Bonchev–Trinajstić information content (AvgIpc) is 2.25.